The van der Waals surface area contributed by atoms with Crippen LogP contribution in [-0.4, -0.2) is 32.3 Å². The van der Waals surface area contributed by atoms with E-state index in [1.807, 2.05) is 13.0 Å². The fourth-order valence-corrected chi connectivity index (χ4v) is 2.15. The van der Waals surface area contributed by atoms with Crippen LogP contribution in [0, 0.1) is 6.92 Å². The van der Waals surface area contributed by atoms with E-state index in [-0.39, 0.29) is 5.97 Å². The second-order valence-electron chi connectivity index (χ2n) is 4.58. The Bertz CT molecular complexity index is 425. The van der Waals surface area contributed by atoms with Gasteiger partial charge in [0.15, 0.2) is 0 Å². The monoisotopic (exact) mass is 249 g/mol. The predicted molar refractivity (Wildman–Crippen MR) is 69.0 cm³/mol. The third kappa shape index (κ3) is 3.01. The molecular weight excluding hydrogens is 230 g/mol. The summed E-state index contributed by atoms with van der Waals surface area (Å²) in [6, 6.07) is 5.81. The molecule has 98 valence electrons. The second kappa shape index (κ2) is 5.87. The van der Waals surface area contributed by atoms with Crippen molar-refractivity contribution in [2.75, 3.05) is 20.3 Å². The number of carbonyl (C=O) groups excluding carboxylic acids is 1. The van der Waals surface area contributed by atoms with Crippen molar-refractivity contribution in [2.45, 2.75) is 25.8 Å². The van der Waals surface area contributed by atoms with E-state index < -0.39 is 0 Å². The number of ether oxygens (including phenoxy) is 2. The first kappa shape index (κ1) is 12.9. The van der Waals surface area contributed by atoms with Gasteiger partial charge in [0.25, 0.3) is 0 Å². The van der Waals surface area contributed by atoms with Crippen molar-refractivity contribution in [3.8, 4) is 5.75 Å². The molecule has 0 amide bonds. The molecule has 1 aromatic carbocycles. The van der Waals surface area contributed by atoms with Crippen LogP contribution in [0.1, 0.15) is 28.8 Å². The highest BCUT2D eigenvalue weighted by atomic mass is 16.5. The van der Waals surface area contributed by atoms with E-state index in [1.165, 1.54) is 20.0 Å². The van der Waals surface area contributed by atoms with Gasteiger partial charge >= 0.3 is 5.97 Å². The fraction of sp³-hybridized carbons (Fsp3) is 0.500. The lowest BCUT2D eigenvalue weighted by Gasteiger charge is -2.14. The molecule has 0 spiro atoms. The van der Waals surface area contributed by atoms with Crippen LogP contribution >= 0.6 is 0 Å². The second-order valence-corrected chi connectivity index (χ2v) is 4.58. The summed E-state index contributed by atoms with van der Waals surface area (Å²) in [6.07, 6.45) is 2.38. The molecule has 4 heteroatoms. The maximum Gasteiger partial charge on any atom is 0.337 e. The Balaban J connectivity index is 1.98. The number of hydrogen-bond donors (Lipinski definition) is 1. The molecule has 0 aromatic heterocycles. The topological polar surface area (TPSA) is 47.6 Å². The minimum absolute atomic E-state index is 0.317. The Labute approximate surface area is 107 Å². The molecule has 0 radical (unpaired) electrons. The highest BCUT2D eigenvalue weighted by molar-refractivity contribution is 5.89. The molecule has 1 heterocycles. The van der Waals surface area contributed by atoms with Crippen LogP contribution in [0.15, 0.2) is 18.2 Å². The van der Waals surface area contributed by atoms with Crippen molar-refractivity contribution in [3.63, 3.8) is 0 Å². The Morgan fingerprint density at radius 2 is 2.33 bits per heavy atom. The number of esters is 1. The van der Waals surface area contributed by atoms with Gasteiger partial charge in [-0.1, -0.05) is 0 Å². The minimum Gasteiger partial charge on any atom is -0.492 e. The molecule has 2 rings (SSSR count). The zero-order valence-corrected chi connectivity index (χ0v) is 10.9. The van der Waals surface area contributed by atoms with Gasteiger partial charge in [-0.2, -0.15) is 0 Å². The zero-order valence-electron chi connectivity index (χ0n) is 10.9. The number of aryl methyl sites for hydroxylation is 1. The summed E-state index contributed by atoms with van der Waals surface area (Å²) in [5.74, 6) is 0.512. The molecule has 0 bridgehead atoms. The maximum atomic E-state index is 11.4. The SMILES string of the molecule is COC(=O)c1ccc(OCC2CCCN2)c(C)c1. The smallest absolute Gasteiger partial charge is 0.337 e. The Hall–Kier alpha value is -1.55. The molecular formula is C14H19NO3. The molecule has 1 N–H and O–H groups in total. The highest BCUT2D eigenvalue weighted by Crippen LogP contribution is 2.20. The van der Waals surface area contributed by atoms with Crippen LogP contribution in [0.25, 0.3) is 0 Å². The van der Waals surface area contributed by atoms with Crippen LogP contribution in [-0.2, 0) is 4.74 Å². The quantitative estimate of drug-likeness (QED) is 0.828. The predicted octanol–water partition coefficient (Wildman–Crippen LogP) is 1.91. The van der Waals surface area contributed by atoms with E-state index >= 15 is 0 Å². The van der Waals surface area contributed by atoms with Crippen molar-refractivity contribution in [1.82, 2.24) is 5.32 Å². The van der Waals surface area contributed by atoms with Gasteiger partial charge in [0.2, 0.25) is 0 Å². The number of rotatable bonds is 4. The molecule has 1 unspecified atom stereocenters. The normalized spacial score (nSPS) is 18.7. The lowest BCUT2D eigenvalue weighted by atomic mass is 10.1. The molecule has 0 aliphatic carbocycles. The summed E-state index contributed by atoms with van der Waals surface area (Å²) < 4.78 is 10.5. The first-order valence-electron chi connectivity index (χ1n) is 6.26. The first-order valence-corrected chi connectivity index (χ1v) is 6.26. The van der Waals surface area contributed by atoms with Crippen LogP contribution in [0.2, 0.25) is 0 Å². The van der Waals surface area contributed by atoms with E-state index in [0.717, 1.165) is 17.9 Å². The van der Waals surface area contributed by atoms with E-state index in [4.69, 9.17) is 4.74 Å². The third-order valence-electron chi connectivity index (χ3n) is 3.20. The molecule has 18 heavy (non-hydrogen) atoms. The van der Waals surface area contributed by atoms with E-state index in [1.54, 1.807) is 12.1 Å². The van der Waals surface area contributed by atoms with Gasteiger partial charge in [0.1, 0.15) is 12.4 Å². The summed E-state index contributed by atoms with van der Waals surface area (Å²) in [7, 11) is 1.38. The molecule has 1 fully saturated rings. The molecule has 1 aliphatic rings. The zero-order chi connectivity index (χ0) is 13.0. The van der Waals surface area contributed by atoms with Crippen LogP contribution in [0.5, 0.6) is 5.75 Å². The van der Waals surface area contributed by atoms with Crippen molar-refractivity contribution in [1.29, 1.82) is 0 Å². The maximum absolute atomic E-state index is 11.4. The van der Waals surface area contributed by atoms with Gasteiger partial charge < -0.3 is 14.8 Å². The van der Waals surface area contributed by atoms with E-state index in [2.05, 4.69) is 10.1 Å². The highest BCUT2D eigenvalue weighted by Gasteiger charge is 2.15. The summed E-state index contributed by atoms with van der Waals surface area (Å²) in [6.45, 7) is 3.69. The Kier molecular flexibility index (Phi) is 4.20. The van der Waals surface area contributed by atoms with Crippen molar-refractivity contribution in [2.24, 2.45) is 0 Å². The van der Waals surface area contributed by atoms with Gasteiger partial charge in [-0.05, 0) is 50.1 Å². The Morgan fingerprint density at radius 1 is 1.50 bits per heavy atom. The van der Waals surface area contributed by atoms with Crippen molar-refractivity contribution < 1.29 is 14.3 Å². The molecule has 1 aliphatic heterocycles. The first-order chi connectivity index (χ1) is 8.70. The average Bonchev–Trinajstić information content (AvgIpc) is 2.89. The number of nitrogens with one attached hydrogen (secondary N) is 1. The molecule has 4 nitrogen and oxygen atoms in total. The van der Waals surface area contributed by atoms with Crippen LogP contribution in [0.3, 0.4) is 0 Å². The van der Waals surface area contributed by atoms with Crippen molar-refractivity contribution >= 4 is 5.97 Å². The molecule has 0 saturated carbocycles. The summed E-state index contributed by atoms with van der Waals surface area (Å²) >= 11 is 0. The molecule has 1 saturated heterocycles. The molecule has 1 aromatic rings. The average molecular weight is 249 g/mol. The Morgan fingerprint density at radius 3 is 2.94 bits per heavy atom. The minimum atomic E-state index is -0.317. The summed E-state index contributed by atoms with van der Waals surface area (Å²) in [5.41, 5.74) is 1.51. The largest absolute Gasteiger partial charge is 0.492 e. The number of carbonyl (C=O) groups is 1. The lowest BCUT2D eigenvalue weighted by molar-refractivity contribution is 0.0600. The number of hydrogen-bond acceptors (Lipinski definition) is 4. The van der Waals surface area contributed by atoms with E-state index in [9.17, 15) is 4.79 Å². The van der Waals surface area contributed by atoms with Gasteiger partial charge in [0.05, 0.1) is 12.7 Å². The lowest BCUT2D eigenvalue weighted by Crippen LogP contribution is -2.28. The molecule has 1 atom stereocenters. The number of methoxy groups -OCH3 is 1. The number of benzene rings is 1. The summed E-state index contributed by atoms with van der Waals surface area (Å²) in [4.78, 5) is 11.4. The summed E-state index contributed by atoms with van der Waals surface area (Å²) in [5, 5.41) is 3.39. The third-order valence-corrected chi connectivity index (χ3v) is 3.20. The van der Waals surface area contributed by atoms with Gasteiger partial charge in [-0.25, -0.2) is 4.79 Å². The van der Waals surface area contributed by atoms with Crippen LogP contribution < -0.4 is 10.1 Å². The van der Waals surface area contributed by atoms with Crippen LogP contribution in [0.4, 0.5) is 0 Å². The van der Waals surface area contributed by atoms with Crippen molar-refractivity contribution in [3.05, 3.63) is 29.3 Å². The van der Waals surface area contributed by atoms with Gasteiger partial charge in [-0.3, -0.25) is 0 Å². The fourth-order valence-electron chi connectivity index (χ4n) is 2.15. The van der Waals surface area contributed by atoms with Gasteiger partial charge in [-0.15, -0.1) is 0 Å². The van der Waals surface area contributed by atoms with Gasteiger partial charge in [0, 0.05) is 6.04 Å². The standard InChI is InChI=1S/C14H19NO3/c1-10-8-11(14(16)17-2)5-6-13(10)18-9-12-4-3-7-15-12/h5-6,8,12,15H,3-4,7,9H2,1-2H3. The van der Waals surface area contributed by atoms with E-state index in [0.29, 0.717) is 18.2 Å².